The Bertz CT molecular complexity index is 969. The molecule has 2 heterocycles. The molecular weight excluding hydrogens is 567 g/mol. The van der Waals surface area contributed by atoms with Gasteiger partial charge in [0.25, 0.3) is 6.43 Å². The number of nitrogens with one attached hydrogen (secondary N) is 3. The fourth-order valence-electron chi connectivity index (χ4n) is 4.27. The van der Waals surface area contributed by atoms with Crippen molar-refractivity contribution in [3.63, 3.8) is 0 Å². The number of carbonyl (C=O) groups is 3. The molecule has 2 aliphatic rings. The normalized spacial score (nSPS) is 22.9. The van der Waals surface area contributed by atoms with Gasteiger partial charge < -0.3 is 20.1 Å². The zero-order chi connectivity index (χ0) is 24.9. The predicted molar refractivity (Wildman–Crippen MR) is 126 cm³/mol. The number of pyridine rings is 1. The first kappa shape index (κ1) is 26.0. The van der Waals surface area contributed by atoms with Gasteiger partial charge >= 0.3 is 17.9 Å². The largest absolute Gasteiger partial charge is 0.472 e. The van der Waals surface area contributed by atoms with Gasteiger partial charge in [0.2, 0.25) is 5.88 Å². The first-order chi connectivity index (χ1) is 16.1. The maximum absolute atomic E-state index is 12.5. The van der Waals surface area contributed by atoms with Crippen LogP contribution in [0, 0.1) is 9.49 Å². The highest BCUT2D eigenvalue weighted by molar-refractivity contribution is 14.1. The molecule has 1 aromatic rings. The lowest BCUT2D eigenvalue weighted by molar-refractivity contribution is -0.139. The summed E-state index contributed by atoms with van der Waals surface area (Å²) < 4.78 is 36.6. The molecular formula is C21H26F2IN5O5. The Hall–Kier alpha value is -2.58. The van der Waals surface area contributed by atoms with E-state index >= 15 is 0 Å². The van der Waals surface area contributed by atoms with E-state index in [9.17, 15) is 23.2 Å². The molecule has 10 nitrogen and oxygen atoms in total. The van der Waals surface area contributed by atoms with Gasteiger partial charge in [-0.05, 0) is 67.5 Å². The van der Waals surface area contributed by atoms with E-state index in [1.54, 1.807) is 0 Å². The Kier molecular flexibility index (Phi) is 8.60. The third-order valence-corrected chi connectivity index (χ3v) is 6.69. The first-order valence-electron chi connectivity index (χ1n) is 10.8. The number of likely N-dealkylation sites (N-methyl/N-ethyl adjacent to an activating group) is 1. The number of hydrazone groups is 1. The van der Waals surface area contributed by atoms with Crippen molar-refractivity contribution in [2.75, 3.05) is 13.7 Å². The van der Waals surface area contributed by atoms with E-state index in [2.05, 4.69) is 48.7 Å². The quantitative estimate of drug-likeness (QED) is 0.329. The molecule has 3 N–H and O–H groups in total. The topological polar surface area (TPSA) is 131 Å². The first-order valence-corrected chi connectivity index (χ1v) is 11.9. The van der Waals surface area contributed by atoms with Crippen LogP contribution in [0.15, 0.2) is 17.4 Å². The Balaban J connectivity index is 1.72. The standard InChI is InChI=1S/C21H26F2IN5O5/c1-11(27-19(31)18(30)25-2)7-12-3-5-21(6-4-12)17(28-29-20(32)34-21)13-8-16(26-9-14(13)24)33-10-15(22)23/h8-9,11-12,15H,3-7,10H2,1-2H3,(H,25,30)(H,27,31)(H,29,32)/t11-,12?,21?/m0/s1. The van der Waals surface area contributed by atoms with Crippen LogP contribution in [0.3, 0.4) is 0 Å². The molecule has 0 bridgehead atoms. The van der Waals surface area contributed by atoms with Crippen molar-refractivity contribution in [3.05, 3.63) is 21.4 Å². The summed E-state index contributed by atoms with van der Waals surface area (Å²) in [5.41, 5.74) is 2.43. The Labute approximate surface area is 208 Å². The highest BCUT2D eigenvalue weighted by atomic mass is 127. The van der Waals surface area contributed by atoms with E-state index in [0.717, 1.165) is 0 Å². The summed E-state index contributed by atoms with van der Waals surface area (Å²) in [5.74, 6) is -1.11. The maximum Gasteiger partial charge on any atom is 0.428 e. The highest BCUT2D eigenvalue weighted by Gasteiger charge is 2.47. The molecule has 1 fully saturated rings. The summed E-state index contributed by atoms with van der Waals surface area (Å²) in [4.78, 5) is 39.3. The van der Waals surface area contributed by atoms with E-state index in [1.165, 1.54) is 19.3 Å². The fourth-order valence-corrected chi connectivity index (χ4v) is 4.82. The van der Waals surface area contributed by atoms with Crippen LogP contribution in [0.1, 0.15) is 44.6 Å². The van der Waals surface area contributed by atoms with Crippen LogP contribution >= 0.6 is 22.6 Å². The van der Waals surface area contributed by atoms with Gasteiger partial charge in [-0.2, -0.15) is 5.10 Å². The molecule has 1 spiro atoms. The third kappa shape index (κ3) is 6.30. The molecule has 186 valence electrons. The molecule has 13 heteroatoms. The minimum atomic E-state index is -2.63. The van der Waals surface area contributed by atoms with Crippen molar-refractivity contribution in [2.24, 2.45) is 11.0 Å². The minimum Gasteiger partial charge on any atom is -0.472 e. The SMILES string of the molecule is CNC(=O)C(=O)N[C@@H](C)CC1CCC2(CC1)OC(=O)NN=C2c1cc(OCC(F)F)ncc1I. The number of hydrogen-bond acceptors (Lipinski definition) is 7. The van der Waals surface area contributed by atoms with E-state index in [-0.39, 0.29) is 17.8 Å². The number of alkyl halides is 2. The molecule has 0 saturated heterocycles. The molecule has 34 heavy (non-hydrogen) atoms. The molecule has 0 radical (unpaired) electrons. The molecule has 1 atom stereocenters. The fraction of sp³-hybridized carbons (Fsp3) is 0.571. The van der Waals surface area contributed by atoms with Gasteiger partial charge in [0.15, 0.2) is 12.2 Å². The van der Waals surface area contributed by atoms with Gasteiger partial charge in [-0.15, -0.1) is 0 Å². The van der Waals surface area contributed by atoms with Crippen LogP contribution in [0.2, 0.25) is 0 Å². The van der Waals surface area contributed by atoms with Crippen molar-refractivity contribution < 1.29 is 32.6 Å². The summed E-state index contributed by atoms with van der Waals surface area (Å²) in [6.07, 6.45) is 1.24. The van der Waals surface area contributed by atoms with Gasteiger partial charge in [0, 0.05) is 34.5 Å². The molecule has 1 aromatic heterocycles. The highest BCUT2D eigenvalue weighted by Crippen LogP contribution is 2.41. The zero-order valence-corrected chi connectivity index (χ0v) is 20.9. The summed E-state index contributed by atoms with van der Waals surface area (Å²) in [6.45, 7) is 1.05. The van der Waals surface area contributed by atoms with E-state index in [4.69, 9.17) is 9.47 Å². The summed E-state index contributed by atoms with van der Waals surface area (Å²) in [6, 6.07) is 1.32. The second-order valence-electron chi connectivity index (χ2n) is 8.29. The van der Waals surface area contributed by atoms with Gasteiger partial charge in [0.1, 0.15) is 5.71 Å². The molecule has 0 aromatic carbocycles. The summed E-state index contributed by atoms with van der Waals surface area (Å²) in [5, 5.41) is 9.23. The number of halogens is 3. The van der Waals surface area contributed by atoms with Crippen molar-refractivity contribution in [1.82, 2.24) is 21.0 Å². The average molecular weight is 593 g/mol. The van der Waals surface area contributed by atoms with Crippen LogP contribution in [-0.4, -0.2) is 60.3 Å². The van der Waals surface area contributed by atoms with Crippen molar-refractivity contribution in [1.29, 1.82) is 0 Å². The van der Waals surface area contributed by atoms with Crippen LogP contribution in [-0.2, 0) is 14.3 Å². The van der Waals surface area contributed by atoms with Gasteiger partial charge in [-0.3, -0.25) is 9.59 Å². The van der Waals surface area contributed by atoms with Crippen LogP contribution < -0.4 is 20.8 Å². The van der Waals surface area contributed by atoms with Crippen LogP contribution in [0.25, 0.3) is 0 Å². The number of amides is 3. The van der Waals surface area contributed by atoms with Crippen LogP contribution in [0.5, 0.6) is 5.88 Å². The second-order valence-corrected chi connectivity index (χ2v) is 9.46. The Morgan fingerprint density at radius 2 is 2.06 bits per heavy atom. The van der Waals surface area contributed by atoms with E-state index in [1.807, 2.05) is 6.92 Å². The third-order valence-electron chi connectivity index (χ3n) is 5.83. The molecule has 3 amide bonds. The summed E-state index contributed by atoms with van der Waals surface area (Å²) in [7, 11) is 1.39. The van der Waals surface area contributed by atoms with Crippen LogP contribution in [0.4, 0.5) is 13.6 Å². The molecule has 0 unspecified atom stereocenters. The van der Waals surface area contributed by atoms with Gasteiger partial charge in [0.05, 0.1) is 0 Å². The maximum atomic E-state index is 12.5. The number of hydrogen-bond donors (Lipinski definition) is 3. The average Bonchev–Trinajstić information content (AvgIpc) is 2.80. The van der Waals surface area contributed by atoms with Gasteiger partial charge in [-0.1, -0.05) is 0 Å². The Morgan fingerprint density at radius 1 is 1.35 bits per heavy atom. The minimum absolute atomic E-state index is 0.0276. The number of rotatable bonds is 7. The number of ether oxygens (including phenoxy) is 2. The lowest BCUT2D eigenvalue weighted by atomic mass is 9.73. The lowest BCUT2D eigenvalue weighted by Gasteiger charge is -2.42. The molecule has 1 saturated carbocycles. The molecule has 1 aliphatic carbocycles. The summed E-state index contributed by atoms with van der Waals surface area (Å²) >= 11 is 2.06. The van der Waals surface area contributed by atoms with Crippen molar-refractivity contribution in [2.45, 2.75) is 57.1 Å². The number of carbonyl (C=O) groups excluding carboxylic acids is 3. The number of nitrogens with zero attached hydrogens (tertiary/aromatic N) is 2. The monoisotopic (exact) mass is 593 g/mol. The Morgan fingerprint density at radius 3 is 2.71 bits per heavy atom. The lowest BCUT2D eigenvalue weighted by Crippen LogP contribution is -2.53. The predicted octanol–water partition coefficient (Wildman–Crippen LogP) is 2.34. The van der Waals surface area contributed by atoms with Crippen molar-refractivity contribution >= 4 is 46.2 Å². The van der Waals surface area contributed by atoms with Crippen molar-refractivity contribution in [3.8, 4) is 5.88 Å². The smallest absolute Gasteiger partial charge is 0.428 e. The molecule has 3 rings (SSSR count). The number of aromatic nitrogens is 1. The molecule has 1 aliphatic heterocycles. The van der Waals surface area contributed by atoms with E-state index < -0.39 is 36.5 Å². The zero-order valence-electron chi connectivity index (χ0n) is 18.7. The van der Waals surface area contributed by atoms with Gasteiger partial charge in [-0.25, -0.2) is 24.0 Å². The van der Waals surface area contributed by atoms with E-state index in [0.29, 0.717) is 46.9 Å². The second kappa shape index (κ2) is 11.2.